The number of amides is 1. The number of nitrogens with one attached hydrogen (secondary N) is 2. The third-order valence-corrected chi connectivity index (χ3v) is 3.26. The first-order valence-electron chi connectivity index (χ1n) is 6.17. The molecule has 94 valence electrons. The predicted molar refractivity (Wildman–Crippen MR) is 65.5 cm³/mol. The van der Waals surface area contributed by atoms with E-state index in [1.54, 1.807) is 0 Å². The van der Waals surface area contributed by atoms with Crippen LogP contribution in [0.15, 0.2) is 12.4 Å². The lowest BCUT2D eigenvalue weighted by molar-refractivity contribution is -0.125. The molecule has 0 bridgehead atoms. The van der Waals surface area contributed by atoms with Crippen molar-refractivity contribution >= 4 is 5.91 Å². The van der Waals surface area contributed by atoms with E-state index >= 15 is 0 Å². The minimum absolute atomic E-state index is 0.120. The van der Waals surface area contributed by atoms with Crippen molar-refractivity contribution in [3.8, 4) is 0 Å². The summed E-state index contributed by atoms with van der Waals surface area (Å²) in [6.07, 6.45) is 4.74. The summed E-state index contributed by atoms with van der Waals surface area (Å²) in [6.45, 7) is 6.39. The summed E-state index contributed by atoms with van der Waals surface area (Å²) in [7, 11) is 0. The molecule has 0 saturated carbocycles. The number of carbonyl (C=O) groups is 1. The molecule has 5 nitrogen and oxygen atoms in total. The largest absolute Gasteiger partial charge is 0.354 e. The third-order valence-electron chi connectivity index (χ3n) is 3.26. The summed E-state index contributed by atoms with van der Waals surface area (Å²) < 4.78 is 1.85. The van der Waals surface area contributed by atoms with Crippen molar-refractivity contribution in [2.75, 3.05) is 13.1 Å². The summed E-state index contributed by atoms with van der Waals surface area (Å²) >= 11 is 0. The Kier molecular flexibility index (Phi) is 3.78. The fraction of sp³-hybridized carbons (Fsp3) is 0.667. The molecule has 0 spiro atoms. The molecular weight excluding hydrogens is 216 g/mol. The monoisotopic (exact) mass is 236 g/mol. The van der Waals surface area contributed by atoms with Crippen LogP contribution in [-0.2, 0) is 11.3 Å². The van der Waals surface area contributed by atoms with Gasteiger partial charge < -0.3 is 10.6 Å². The lowest BCUT2D eigenvalue weighted by Crippen LogP contribution is -2.38. The average molecular weight is 236 g/mol. The van der Waals surface area contributed by atoms with Gasteiger partial charge in [-0.1, -0.05) is 0 Å². The molecule has 2 unspecified atom stereocenters. The number of carbonyl (C=O) groups excluding carboxylic acids is 1. The van der Waals surface area contributed by atoms with Gasteiger partial charge in [0, 0.05) is 18.8 Å². The van der Waals surface area contributed by atoms with Gasteiger partial charge in [0.15, 0.2) is 0 Å². The fourth-order valence-electron chi connectivity index (χ4n) is 2.23. The molecule has 2 atom stereocenters. The number of aromatic nitrogens is 2. The first kappa shape index (κ1) is 12.1. The van der Waals surface area contributed by atoms with Gasteiger partial charge in [0.25, 0.3) is 0 Å². The van der Waals surface area contributed by atoms with Gasteiger partial charge in [0.05, 0.1) is 18.7 Å². The Balaban J connectivity index is 1.73. The Morgan fingerprint density at radius 2 is 2.53 bits per heavy atom. The smallest absolute Gasteiger partial charge is 0.224 e. The molecule has 1 fully saturated rings. The molecule has 1 aliphatic heterocycles. The number of rotatable bonds is 4. The molecule has 1 aromatic rings. The maximum atomic E-state index is 11.9. The van der Waals surface area contributed by atoms with E-state index in [-0.39, 0.29) is 11.8 Å². The minimum Gasteiger partial charge on any atom is -0.354 e. The van der Waals surface area contributed by atoms with E-state index in [4.69, 9.17) is 0 Å². The van der Waals surface area contributed by atoms with Crippen LogP contribution in [0.3, 0.4) is 0 Å². The lowest BCUT2D eigenvalue weighted by atomic mass is 10.0. The van der Waals surface area contributed by atoms with Crippen LogP contribution in [0.5, 0.6) is 0 Å². The van der Waals surface area contributed by atoms with Crippen LogP contribution in [0, 0.1) is 12.8 Å². The SMILES string of the molecule is Cc1cnn(CCNC(=O)C2CCNC2C)c1. The maximum Gasteiger partial charge on any atom is 0.224 e. The summed E-state index contributed by atoms with van der Waals surface area (Å²) in [5.74, 6) is 0.278. The third kappa shape index (κ3) is 3.06. The predicted octanol–water partition coefficient (Wildman–Crippen LogP) is 0.306. The van der Waals surface area contributed by atoms with Crippen molar-refractivity contribution in [1.82, 2.24) is 20.4 Å². The van der Waals surface area contributed by atoms with Crippen molar-refractivity contribution in [2.45, 2.75) is 32.9 Å². The zero-order valence-corrected chi connectivity index (χ0v) is 10.4. The molecular formula is C12H20N4O. The molecule has 0 aromatic carbocycles. The number of aryl methyl sites for hydroxylation is 1. The number of nitrogens with zero attached hydrogens (tertiary/aromatic N) is 2. The first-order chi connectivity index (χ1) is 8.16. The molecule has 1 saturated heterocycles. The topological polar surface area (TPSA) is 59.0 Å². The Hall–Kier alpha value is -1.36. The van der Waals surface area contributed by atoms with Crippen LogP contribution >= 0.6 is 0 Å². The second kappa shape index (κ2) is 5.31. The van der Waals surface area contributed by atoms with Gasteiger partial charge in [0.1, 0.15) is 0 Å². The molecule has 1 aromatic heterocycles. The standard InChI is InChI=1S/C12H20N4O/c1-9-7-15-16(8-9)6-5-14-12(17)11-3-4-13-10(11)2/h7-8,10-11,13H,3-6H2,1-2H3,(H,14,17). The summed E-state index contributed by atoms with van der Waals surface area (Å²) in [4.78, 5) is 11.9. The zero-order valence-electron chi connectivity index (χ0n) is 10.4. The van der Waals surface area contributed by atoms with E-state index in [9.17, 15) is 4.79 Å². The quantitative estimate of drug-likeness (QED) is 0.791. The van der Waals surface area contributed by atoms with Crippen molar-refractivity contribution in [2.24, 2.45) is 5.92 Å². The van der Waals surface area contributed by atoms with Crippen LogP contribution in [0.25, 0.3) is 0 Å². The highest BCUT2D eigenvalue weighted by atomic mass is 16.1. The van der Waals surface area contributed by atoms with Gasteiger partial charge >= 0.3 is 0 Å². The van der Waals surface area contributed by atoms with E-state index in [0.29, 0.717) is 12.6 Å². The highest BCUT2D eigenvalue weighted by Gasteiger charge is 2.28. The normalized spacial score (nSPS) is 23.9. The van der Waals surface area contributed by atoms with Crippen molar-refractivity contribution < 1.29 is 4.79 Å². The first-order valence-corrected chi connectivity index (χ1v) is 6.17. The summed E-state index contributed by atoms with van der Waals surface area (Å²) in [5, 5.41) is 10.4. The van der Waals surface area contributed by atoms with Crippen molar-refractivity contribution in [1.29, 1.82) is 0 Å². The second-order valence-corrected chi connectivity index (χ2v) is 4.71. The van der Waals surface area contributed by atoms with E-state index in [2.05, 4.69) is 22.7 Å². The van der Waals surface area contributed by atoms with Gasteiger partial charge in [-0.05, 0) is 32.4 Å². The Morgan fingerprint density at radius 3 is 3.12 bits per heavy atom. The zero-order chi connectivity index (χ0) is 12.3. The van der Waals surface area contributed by atoms with Crippen LogP contribution in [0.2, 0.25) is 0 Å². The van der Waals surface area contributed by atoms with Crippen LogP contribution in [0.1, 0.15) is 18.9 Å². The molecule has 2 N–H and O–H groups in total. The highest BCUT2D eigenvalue weighted by molar-refractivity contribution is 5.79. The molecule has 5 heteroatoms. The number of hydrogen-bond acceptors (Lipinski definition) is 3. The summed E-state index contributed by atoms with van der Waals surface area (Å²) in [5.41, 5.74) is 1.14. The molecule has 17 heavy (non-hydrogen) atoms. The Bertz CT molecular complexity index is 388. The van der Waals surface area contributed by atoms with E-state index in [0.717, 1.165) is 25.1 Å². The van der Waals surface area contributed by atoms with Gasteiger partial charge in [-0.3, -0.25) is 9.48 Å². The van der Waals surface area contributed by atoms with E-state index < -0.39 is 0 Å². The second-order valence-electron chi connectivity index (χ2n) is 4.71. The molecule has 0 aliphatic carbocycles. The average Bonchev–Trinajstić information content (AvgIpc) is 2.87. The number of hydrogen-bond donors (Lipinski definition) is 2. The molecule has 1 amide bonds. The minimum atomic E-state index is 0.120. The van der Waals surface area contributed by atoms with Crippen molar-refractivity contribution in [3.63, 3.8) is 0 Å². The van der Waals surface area contributed by atoms with E-state index in [1.165, 1.54) is 0 Å². The van der Waals surface area contributed by atoms with Crippen LogP contribution in [-0.4, -0.2) is 34.8 Å². The van der Waals surface area contributed by atoms with Crippen LogP contribution in [0.4, 0.5) is 0 Å². The molecule has 1 aliphatic rings. The van der Waals surface area contributed by atoms with Gasteiger partial charge in [-0.25, -0.2) is 0 Å². The molecule has 0 radical (unpaired) electrons. The maximum absolute atomic E-state index is 11.9. The lowest BCUT2D eigenvalue weighted by Gasteiger charge is -2.14. The van der Waals surface area contributed by atoms with Gasteiger partial charge in [-0.15, -0.1) is 0 Å². The Morgan fingerprint density at radius 1 is 1.71 bits per heavy atom. The van der Waals surface area contributed by atoms with Gasteiger partial charge in [0.2, 0.25) is 5.91 Å². The van der Waals surface area contributed by atoms with Crippen LogP contribution < -0.4 is 10.6 Å². The van der Waals surface area contributed by atoms with E-state index in [1.807, 2.05) is 24.0 Å². The fourth-order valence-corrected chi connectivity index (χ4v) is 2.23. The summed E-state index contributed by atoms with van der Waals surface area (Å²) in [6, 6.07) is 0.293. The van der Waals surface area contributed by atoms with Gasteiger partial charge in [-0.2, -0.15) is 5.10 Å². The Labute approximate surface area is 102 Å². The van der Waals surface area contributed by atoms with Crippen molar-refractivity contribution in [3.05, 3.63) is 18.0 Å². The molecule has 2 rings (SSSR count). The molecule has 2 heterocycles. The highest BCUT2D eigenvalue weighted by Crippen LogP contribution is 2.14.